The number of aromatic nitrogens is 2. The zero-order valence-corrected chi connectivity index (χ0v) is 10.6. The molecule has 0 radical (unpaired) electrons. The van der Waals surface area contributed by atoms with E-state index < -0.39 is 5.97 Å². The number of carboxylic acids is 1. The molecule has 0 aliphatic rings. The third-order valence-corrected chi connectivity index (χ3v) is 2.65. The van der Waals surface area contributed by atoms with E-state index in [1.54, 1.807) is 12.1 Å². The third kappa shape index (κ3) is 3.65. The van der Waals surface area contributed by atoms with E-state index in [-0.39, 0.29) is 6.42 Å². The lowest BCUT2D eigenvalue weighted by Crippen LogP contribution is -2.25. The average molecular weight is 265 g/mol. The van der Waals surface area contributed by atoms with E-state index >= 15 is 0 Å². The number of carbonyl (C=O) groups is 1. The highest BCUT2D eigenvalue weighted by Crippen LogP contribution is 2.18. The molecule has 2 aromatic rings. The monoisotopic (exact) mass is 265 g/mol. The number of rotatable bonds is 7. The minimum absolute atomic E-state index is 0.0903. The molecule has 0 spiro atoms. The number of aliphatic carboxylic acids is 1. The number of hydrogen-bond donors (Lipinski definition) is 1. The topological polar surface area (TPSA) is 92.6 Å². The molecule has 0 aliphatic heterocycles. The van der Waals surface area contributed by atoms with E-state index in [4.69, 9.17) is 13.9 Å². The molecule has 0 saturated heterocycles. The lowest BCUT2D eigenvalue weighted by atomic mass is 10.3. The predicted octanol–water partition coefficient (Wildman–Crippen LogP) is 1.63. The van der Waals surface area contributed by atoms with Crippen molar-refractivity contribution in [1.29, 1.82) is 0 Å². The molecule has 2 rings (SSSR count). The summed E-state index contributed by atoms with van der Waals surface area (Å²) < 4.78 is 10.6. The second-order valence-electron chi connectivity index (χ2n) is 3.99. The van der Waals surface area contributed by atoms with Crippen molar-refractivity contribution in [1.82, 2.24) is 15.1 Å². The van der Waals surface area contributed by atoms with Gasteiger partial charge in [0.25, 0.3) is 5.89 Å². The third-order valence-electron chi connectivity index (χ3n) is 2.65. The van der Waals surface area contributed by atoms with Gasteiger partial charge < -0.3 is 13.9 Å². The lowest BCUT2D eigenvalue weighted by Gasteiger charge is -2.16. The second-order valence-corrected chi connectivity index (χ2v) is 3.99. The maximum atomic E-state index is 10.5. The molecule has 0 unspecified atom stereocenters. The Morgan fingerprint density at radius 1 is 1.47 bits per heavy atom. The standard InChI is InChI=1S/C12H15N3O4/c1-2-15(6-5-11(16)17)8-10-13-14-12(19-10)9-4-3-7-18-9/h3-4,7H,2,5-6,8H2,1H3,(H,16,17). The summed E-state index contributed by atoms with van der Waals surface area (Å²) in [6.07, 6.45) is 1.62. The van der Waals surface area contributed by atoms with Crippen molar-refractivity contribution in [2.75, 3.05) is 13.1 Å². The molecule has 7 nitrogen and oxygen atoms in total. The minimum atomic E-state index is -0.819. The number of carboxylic acid groups (broad SMARTS) is 1. The van der Waals surface area contributed by atoms with E-state index in [0.29, 0.717) is 37.2 Å². The molecule has 1 N–H and O–H groups in total. The van der Waals surface area contributed by atoms with Crippen LogP contribution in [-0.4, -0.2) is 39.3 Å². The first-order valence-electron chi connectivity index (χ1n) is 5.99. The van der Waals surface area contributed by atoms with Crippen molar-refractivity contribution in [3.63, 3.8) is 0 Å². The Hall–Kier alpha value is -2.15. The molecular weight excluding hydrogens is 250 g/mol. The van der Waals surface area contributed by atoms with Crippen molar-refractivity contribution in [3.05, 3.63) is 24.3 Å². The Morgan fingerprint density at radius 2 is 2.32 bits per heavy atom. The highest BCUT2D eigenvalue weighted by atomic mass is 16.4. The fraction of sp³-hybridized carbons (Fsp3) is 0.417. The molecule has 7 heteroatoms. The van der Waals surface area contributed by atoms with Gasteiger partial charge >= 0.3 is 5.97 Å². The van der Waals surface area contributed by atoms with E-state index in [2.05, 4.69) is 10.2 Å². The highest BCUT2D eigenvalue weighted by molar-refractivity contribution is 5.66. The van der Waals surface area contributed by atoms with Crippen LogP contribution in [0.4, 0.5) is 0 Å². The molecule has 0 fully saturated rings. The maximum Gasteiger partial charge on any atom is 0.304 e. The van der Waals surface area contributed by atoms with Crippen LogP contribution in [0.2, 0.25) is 0 Å². The zero-order valence-electron chi connectivity index (χ0n) is 10.6. The summed E-state index contributed by atoms with van der Waals surface area (Å²) in [4.78, 5) is 12.5. The number of furan rings is 1. The molecule has 0 aliphatic carbocycles. The molecule has 102 valence electrons. The summed E-state index contributed by atoms with van der Waals surface area (Å²) in [6.45, 7) is 3.54. The second kappa shape index (κ2) is 6.14. The summed E-state index contributed by atoms with van der Waals surface area (Å²) >= 11 is 0. The first-order chi connectivity index (χ1) is 9.19. The van der Waals surface area contributed by atoms with Gasteiger partial charge in [0, 0.05) is 6.54 Å². The molecule has 0 bridgehead atoms. The van der Waals surface area contributed by atoms with Crippen molar-refractivity contribution in [2.24, 2.45) is 0 Å². The lowest BCUT2D eigenvalue weighted by molar-refractivity contribution is -0.137. The molecule has 2 aromatic heterocycles. The van der Waals surface area contributed by atoms with Crippen LogP contribution in [-0.2, 0) is 11.3 Å². The first kappa shape index (κ1) is 13.3. The van der Waals surface area contributed by atoms with Gasteiger partial charge in [-0.3, -0.25) is 9.69 Å². The van der Waals surface area contributed by atoms with Gasteiger partial charge in [-0.2, -0.15) is 0 Å². The van der Waals surface area contributed by atoms with Crippen LogP contribution in [0.5, 0.6) is 0 Å². The van der Waals surface area contributed by atoms with Crippen LogP contribution in [0.1, 0.15) is 19.2 Å². The van der Waals surface area contributed by atoms with Gasteiger partial charge in [0.15, 0.2) is 5.76 Å². The Kier molecular flexibility index (Phi) is 4.30. The Bertz CT molecular complexity index is 521. The molecule has 2 heterocycles. The summed E-state index contributed by atoms with van der Waals surface area (Å²) in [5.74, 6) is 0.473. The van der Waals surface area contributed by atoms with Crippen LogP contribution in [0.15, 0.2) is 27.2 Å². The predicted molar refractivity (Wildman–Crippen MR) is 65.2 cm³/mol. The van der Waals surface area contributed by atoms with Gasteiger partial charge in [0.2, 0.25) is 5.89 Å². The van der Waals surface area contributed by atoms with Crippen LogP contribution in [0.25, 0.3) is 11.7 Å². The van der Waals surface area contributed by atoms with Crippen molar-refractivity contribution in [2.45, 2.75) is 19.9 Å². The van der Waals surface area contributed by atoms with Crippen LogP contribution < -0.4 is 0 Å². The smallest absolute Gasteiger partial charge is 0.304 e. The van der Waals surface area contributed by atoms with Crippen molar-refractivity contribution < 1.29 is 18.7 Å². The van der Waals surface area contributed by atoms with Crippen molar-refractivity contribution in [3.8, 4) is 11.7 Å². The summed E-state index contributed by atoms with van der Waals surface area (Å²) in [5, 5.41) is 16.5. The largest absolute Gasteiger partial charge is 0.481 e. The number of hydrogen-bond acceptors (Lipinski definition) is 6. The zero-order chi connectivity index (χ0) is 13.7. The van der Waals surface area contributed by atoms with Crippen LogP contribution in [0.3, 0.4) is 0 Å². The van der Waals surface area contributed by atoms with Crippen LogP contribution in [0, 0.1) is 0 Å². The average Bonchev–Trinajstić information content (AvgIpc) is 3.04. The van der Waals surface area contributed by atoms with Gasteiger partial charge in [-0.05, 0) is 18.7 Å². The Balaban J connectivity index is 1.96. The van der Waals surface area contributed by atoms with Gasteiger partial charge in [0.05, 0.1) is 19.2 Å². The SMILES string of the molecule is CCN(CCC(=O)O)Cc1nnc(-c2ccco2)o1. The summed E-state index contributed by atoms with van der Waals surface area (Å²) in [6, 6.07) is 3.48. The molecule has 19 heavy (non-hydrogen) atoms. The fourth-order valence-electron chi connectivity index (χ4n) is 1.61. The van der Waals surface area contributed by atoms with Gasteiger partial charge in [-0.25, -0.2) is 0 Å². The quantitative estimate of drug-likeness (QED) is 0.813. The molecule has 0 amide bonds. The van der Waals surface area contributed by atoms with Gasteiger partial charge in [-0.15, -0.1) is 10.2 Å². The first-order valence-corrected chi connectivity index (χ1v) is 5.99. The van der Waals surface area contributed by atoms with Crippen molar-refractivity contribution >= 4 is 5.97 Å². The molecular formula is C12H15N3O4. The van der Waals surface area contributed by atoms with E-state index in [0.717, 1.165) is 0 Å². The Morgan fingerprint density at radius 3 is 2.95 bits per heavy atom. The maximum absolute atomic E-state index is 10.5. The van der Waals surface area contributed by atoms with Gasteiger partial charge in [-0.1, -0.05) is 6.92 Å². The minimum Gasteiger partial charge on any atom is -0.481 e. The van der Waals surface area contributed by atoms with E-state index in [1.807, 2.05) is 11.8 Å². The molecule has 0 atom stereocenters. The number of nitrogens with zero attached hydrogens (tertiary/aromatic N) is 3. The summed E-state index contributed by atoms with van der Waals surface area (Å²) in [5.41, 5.74) is 0. The normalized spacial score (nSPS) is 11.1. The van der Waals surface area contributed by atoms with E-state index in [9.17, 15) is 4.79 Å². The molecule has 0 saturated carbocycles. The van der Waals surface area contributed by atoms with Gasteiger partial charge in [0.1, 0.15) is 0 Å². The van der Waals surface area contributed by atoms with Crippen LogP contribution >= 0.6 is 0 Å². The van der Waals surface area contributed by atoms with E-state index in [1.165, 1.54) is 6.26 Å². The highest BCUT2D eigenvalue weighted by Gasteiger charge is 2.14. The Labute approximate surface area is 109 Å². The fourth-order valence-corrected chi connectivity index (χ4v) is 1.61. The molecule has 0 aromatic carbocycles. The summed E-state index contributed by atoms with van der Waals surface area (Å²) in [7, 11) is 0.